The summed E-state index contributed by atoms with van der Waals surface area (Å²) < 4.78 is 0.890. The van der Waals surface area contributed by atoms with Gasteiger partial charge in [-0.3, -0.25) is 15.6 Å². The van der Waals surface area contributed by atoms with Crippen LogP contribution in [0.25, 0.3) is 10.2 Å². The lowest BCUT2D eigenvalue weighted by Gasteiger charge is -2.08. The summed E-state index contributed by atoms with van der Waals surface area (Å²) in [6.45, 7) is 0. The van der Waals surface area contributed by atoms with Gasteiger partial charge in [-0.05, 0) is 30.5 Å². The fraction of sp³-hybridized carbons (Fsp3) is 0.0667. The predicted molar refractivity (Wildman–Crippen MR) is 99.0 cm³/mol. The molecule has 0 aliphatic carbocycles. The molecule has 1 heterocycles. The molecule has 2 N–H and O–H groups in total. The van der Waals surface area contributed by atoms with E-state index in [2.05, 4.69) is 15.8 Å². The van der Waals surface area contributed by atoms with E-state index in [-0.39, 0.29) is 5.91 Å². The third kappa shape index (κ3) is 3.40. The first-order chi connectivity index (χ1) is 11.1. The number of fused-ring (bicyclic) bond motifs is 1. The molecule has 0 radical (unpaired) electrons. The molecule has 0 atom stereocenters. The molecule has 4 nitrogen and oxygen atoms in total. The predicted octanol–water partition coefficient (Wildman–Crippen LogP) is 5.08. The molecule has 1 amide bonds. The zero-order valence-corrected chi connectivity index (χ0v) is 15.0. The number of halogens is 2. The van der Waals surface area contributed by atoms with Crippen molar-refractivity contribution in [1.29, 1.82) is 0 Å². The van der Waals surface area contributed by atoms with Gasteiger partial charge in [0.25, 0.3) is 5.91 Å². The summed E-state index contributed by atoms with van der Waals surface area (Å²) in [7, 11) is 0. The summed E-state index contributed by atoms with van der Waals surface area (Å²) in [4.78, 5) is 17.5. The first-order valence-electron chi connectivity index (χ1n) is 6.54. The van der Waals surface area contributed by atoms with Crippen LogP contribution in [0.3, 0.4) is 0 Å². The molecule has 1 aromatic heterocycles. The van der Waals surface area contributed by atoms with Crippen molar-refractivity contribution in [3.63, 3.8) is 0 Å². The molecular formula is C15H11Cl2N3OS2. The molecule has 3 aromatic rings. The van der Waals surface area contributed by atoms with Crippen LogP contribution in [0.2, 0.25) is 10.0 Å². The third-order valence-corrected chi connectivity index (χ3v) is 5.61. The Kier molecular flexibility index (Phi) is 4.96. The Morgan fingerprint density at radius 3 is 2.78 bits per heavy atom. The number of aromatic nitrogens is 1. The molecule has 0 saturated heterocycles. The van der Waals surface area contributed by atoms with Crippen molar-refractivity contribution < 1.29 is 4.79 Å². The van der Waals surface area contributed by atoms with Crippen LogP contribution in [0, 0.1) is 0 Å². The van der Waals surface area contributed by atoms with Gasteiger partial charge in [-0.15, -0.1) is 11.8 Å². The van der Waals surface area contributed by atoms with Crippen LogP contribution in [-0.4, -0.2) is 17.1 Å². The highest BCUT2D eigenvalue weighted by atomic mass is 35.5. The van der Waals surface area contributed by atoms with E-state index < -0.39 is 0 Å². The van der Waals surface area contributed by atoms with Gasteiger partial charge in [-0.2, -0.15) is 0 Å². The van der Waals surface area contributed by atoms with Crippen LogP contribution >= 0.6 is 46.3 Å². The summed E-state index contributed by atoms with van der Waals surface area (Å²) in [5.74, 6) is -0.224. The summed E-state index contributed by atoms with van der Waals surface area (Å²) in [5, 5.41) is 1.40. The highest BCUT2D eigenvalue weighted by Crippen LogP contribution is 2.35. The monoisotopic (exact) mass is 383 g/mol. The van der Waals surface area contributed by atoms with E-state index in [1.807, 2.05) is 30.5 Å². The minimum Gasteiger partial charge on any atom is -0.273 e. The lowest BCUT2D eigenvalue weighted by atomic mass is 10.2. The van der Waals surface area contributed by atoms with E-state index in [0.717, 1.165) is 9.60 Å². The zero-order chi connectivity index (χ0) is 16.4. The van der Waals surface area contributed by atoms with Gasteiger partial charge in [0.1, 0.15) is 5.52 Å². The van der Waals surface area contributed by atoms with Crippen LogP contribution in [-0.2, 0) is 0 Å². The van der Waals surface area contributed by atoms with Crippen LogP contribution in [0.4, 0.5) is 5.13 Å². The van der Waals surface area contributed by atoms with E-state index in [1.165, 1.54) is 23.1 Å². The molecule has 2 aromatic carbocycles. The Balaban J connectivity index is 1.78. The van der Waals surface area contributed by atoms with Crippen molar-refractivity contribution in [2.24, 2.45) is 0 Å². The number of thioether (sulfide) groups is 1. The van der Waals surface area contributed by atoms with Crippen molar-refractivity contribution in [3.05, 3.63) is 52.0 Å². The number of carbonyl (C=O) groups excluding carboxylic acids is 1. The number of nitrogens with one attached hydrogen (secondary N) is 2. The maximum Gasteiger partial charge on any atom is 0.270 e. The Bertz CT molecular complexity index is 882. The number of nitrogens with zero attached hydrogens (tertiary/aromatic N) is 1. The SMILES string of the molecule is CSc1ccccc1C(=O)NNc1nc2c(Cl)c(Cl)ccc2s1. The lowest BCUT2D eigenvalue weighted by Crippen LogP contribution is -2.29. The minimum atomic E-state index is -0.224. The average molecular weight is 384 g/mol. The molecule has 0 fully saturated rings. The third-order valence-electron chi connectivity index (χ3n) is 3.09. The van der Waals surface area contributed by atoms with Crippen molar-refractivity contribution in [2.45, 2.75) is 4.90 Å². The summed E-state index contributed by atoms with van der Waals surface area (Å²) in [6.07, 6.45) is 1.93. The Labute approximate surface area is 151 Å². The van der Waals surface area contributed by atoms with Gasteiger partial charge in [-0.1, -0.05) is 46.7 Å². The summed E-state index contributed by atoms with van der Waals surface area (Å²) >= 11 is 15.0. The quantitative estimate of drug-likeness (QED) is 0.487. The normalized spacial score (nSPS) is 10.7. The number of hydrogen-bond donors (Lipinski definition) is 2. The van der Waals surface area contributed by atoms with E-state index in [1.54, 1.807) is 12.1 Å². The summed E-state index contributed by atoms with van der Waals surface area (Å²) in [6, 6.07) is 11.0. The Morgan fingerprint density at radius 1 is 1.22 bits per heavy atom. The van der Waals surface area contributed by atoms with E-state index >= 15 is 0 Å². The number of anilines is 1. The highest BCUT2D eigenvalue weighted by Gasteiger charge is 2.13. The number of amides is 1. The van der Waals surface area contributed by atoms with Crippen molar-refractivity contribution >= 4 is 67.6 Å². The number of rotatable bonds is 4. The molecule has 0 aliphatic heterocycles. The second-order valence-electron chi connectivity index (χ2n) is 4.51. The van der Waals surface area contributed by atoms with Gasteiger partial charge in [0.2, 0.25) is 5.13 Å². The summed E-state index contributed by atoms with van der Waals surface area (Å²) in [5.41, 5.74) is 6.70. The molecule has 23 heavy (non-hydrogen) atoms. The van der Waals surface area contributed by atoms with Crippen LogP contribution in [0.1, 0.15) is 10.4 Å². The van der Waals surface area contributed by atoms with E-state index in [4.69, 9.17) is 23.2 Å². The number of benzene rings is 2. The first-order valence-corrected chi connectivity index (χ1v) is 9.34. The molecule has 118 valence electrons. The second-order valence-corrected chi connectivity index (χ2v) is 7.17. The second kappa shape index (κ2) is 6.97. The maximum atomic E-state index is 12.3. The molecule has 0 spiro atoms. The van der Waals surface area contributed by atoms with E-state index in [0.29, 0.717) is 26.3 Å². The number of carbonyl (C=O) groups is 1. The van der Waals surface area contributed by atoms with Gasteiger partial charge in [-0.25, -0.2) is 4.98 Å². The first kappa shape index (κ1) is 16.4. The fourth-order valence-electron chi connectivity index (χ4n) is 2.00. The van der Waals surface area contributed by atoms with Crippen LogP contribution < -0.4 is 10.9 Å². The van der Waals surface area contributed by atoms with Crippen molar-refractivity contribution in [2.75, 3.05) is 11.7 Å². The zero-order valence-electron chi connectivity index (χ0n) is 11.9. The van der Waals surface area contributed by atoms with Gasteiger partial charge < -0.3 is 0 Å². The van der Waals surface area contributed by atoms with Gasteiger partial charge in [0.15, 0.2) is 0 Å². The Morgan fingerprint density at radius 2 is 2.00 bits per heavy atom. The van der Waals surface area contributed by atoms with Crippen molar-refractivity contribution in [3.8, 4) is 0 Å². The van der Waals surface area contributed by atoms with Gasteiger partial charge in [0, 0.05) is 4.90 Å². The van der Waals surface area contributed by atoms with Gasteiger partial charge >= 0.3 is 0 Å². The average Bonchev–Trinajstić information content (AvgIpc) is 3.00. The maximum absolute atomic E-state index is 12.3. The molecular weight excluding hydrogens is 373 g/mol. The molecule has 8 heteroatoms. The molecule has 3 rings (SSSR count). The van der Waals surface area contributed by atoms with Crippen molar-refractivity contribution in [1.82, 2.24) is 10.4 Å². The molecule has 0 unspecified atom stereocenters. The van der Waals surface area contributed by atoms with E-state index in [9.17, 15) is 4.79 Å². The van der Waals surface area contributed by atoms with Gasteiger partial charge in [0.05, 0.1) is 20.3 Å². The topological polar surface area (TPSA) is 54.0 Å². The smallest absolute Gasteiger partial charge is 0.270 e. The highest BCUT2D eigenvalue weighted by molar-refractivity contribution is 7.98. The largest absolute Gasteiger partial charge is 0.273 e. The molecule has 0 saturated carbocycles. The standard InChI is InChI=1S/C15H11Cl2N3OS2/c1-22-10-5-3-2-4-8(10)14(21)19-20-15-18-13-11(23-15)7-6-9(16)12(13)17/h2-7H,1H3,(H,18,20)(H,19,21). The van der Waals surface area contributed by atoms with Crippen LogP contribution in [0.15, 0.2) is 41.3 Å². The van der Waals surface area contributed by atoms with Crippen LogP contribution in [0.5, 0.6) is 0 Å². The minimum absolute atomic E-state index is 0.224. The Hall–Kier alpha value is -1.47. The number of hydrogen-bond acceptors (Lipinski definition) is 5. The molecule has 0 bridgehead atoms. The number of hydrazine groups is 1. The molecule has 0 aliphatic rings. The lowest BCUT2D eigenvalue weighted by molar-refractivity contribution is 0.0960. The number of thiazole rings is 1. The fourth-order valence-corrected chi connectivity index (χ4v) is 3.84.